The molecule has 2 aromatic rings. The summed E-state index contributed by atoms with van der Waals surface area (Å²) in [5.41, 5.74) is 2.28. The van der Waals surface area contributed by atoms with Gasteiger partial charge in [0, 0.05) is 17.8 Å². The number of anilines is 1. The molecule has 1 atom stereocenters. The van der Waals surface area contributed by atoms with Crippen LogP contribution in [0.1, 0.15) is 49.0 Å². The first-order valence-electron chi connectivity index (χ1n) is 9.05. The maximum absolute atomic E-state index is 12.2. The van der Waals surface area contributed by atoms with E-state index in [1.165, 1.54) is 5.56 Å². The summed E-state index contributed by atoms with van der Waals surface area (Å²) < 4.78 is 6.44. The lowest BCUT2D eigenvalue weighted by Crippen LogP contribution is -2.23. The van der Waals surface area contributed by atoms with Crippen molar-refractivity contribution in [3.63, 3.8) is 0 Å². The fraction of sp³-hybridized carbons (Fsp3) is 0.333. The van der Waals surface area contributed by atoms with Crippen LogP contribution in [0.15, 0.2) is 46.9 Å². The average Bonchev–Trinajstić information content (AvgIpc) is 2.66. The van der Waals surface area contributed by atoms with Crippen molar-refractivity contribution < 1.29 is 14.3 Å². The van der Waals surface area contributed by atoms with Gasteiger partial charge < -0.3 is 15.4 Å². The van der Waals surface area contributed by atoms with Gasteiger partial charge in [0.05, 0.1) is 4.47 Å². The summed E-state index contributed by atoms with van der Waals surface area (Å²) in [6.45, 7) is 6.61. The summed E-state index contributed by atoms with van der Waals surface area (Å²) in [6, 6.07) is 12.7. The van der Waals surface area contributed by atoms with Gasteiger partial charge in [-0.15, -0.1) is 0 Å². The third-order valence-corrected chi connectivity index (χ3v) is 4.86. The second kappa shape index (κ2) is 10.1. The van der Waals surface area contributed by atoms with Gasteiger partial charge in [-0.2, -0.15) is 0 Å². The fourth-order valence-corrected chi connectivity index (χ4v) is 3.03. The van der Waals surface area contributed by atoms with E-state index >= 15 is 0 Å². The van der Waals surface area contributed by atoms with Crippen LogP contribution in [0.3, 0.4) is 0 Å². The van der Waals surface area contributed by atoms with Crippen molar-refractivity contribution in [2.75, 3.05) is 18.5 Å². The third-order valence-electron chi connectivity index (χ3n) is 4.24. The number of carbonyl (C=O) groups excluding carboxylic acids is 2. The minimum Gasteiger partial charge on any atom is -0.483 e. The Labute approximate surface area is 168 Å². The highest BCUT2D eigenvalue weighted by Gasteiger charge is 2.10. The van der Waals surface area contributed by atoms with Gasteiger partial charge in [-0.25, -0.2) is 0 Å². The highest BCUT2D eigenvalue weighted by Crippen LogP contribution is 2.30. The molecule has 2 amide bonds. The molecule has 1 unspecified atom stereocenters. The molecule has 0 heterocycles. The van der Waals surface area contributed by atoms with E-state index in [-0.39, 0.29) is 18.4 Å². The van der Waals surface area contributed by atoms with Crippen LogP contribution in [-0.2, 0) is 4.79 Å². The largest absolute Gasteiger partial charge is 0.483 e. The number of ether oxygens (including phenoxy) is 1. The Hall–Kier alpha value is -2.34. The van der Waals surface area contributed by atoms with Crippen molar-refractivity contribution in [3.8, 4) is 5.75 Å². The molecule has 0 saturated carbocycles. The van der Waals surface area contributed by atoms with E-state index in [1.807, 2.05) is 25.1 Å². The normalized spacial score (nSPS) is 11.6. The first kappa shape index (κ1) is 21.0. The molecule has 0 aromatic heterocycles. The Morgan fingerprint density at radius 3 is 2.59 bits per heavy atom. The van der Waals surface area contributed by atoms with Crippen LogP contribution < -0.4 is 15.4 Å². The van der Waals surface area contributed by atoms with Crippen LogP contribution in [-0.4, -0.2) is 25.0 Å². The Morgan fingerprint density at radius 1 is 1.15 bits per heavy atom. The van der Waals surface area contributed by atoms with Gasteiger partial charge in [0.1, 0.15) is 5.75 Å². The summed E-state index contributed by atoms with van der Waals surface area (Å²) in [4.78, 5) is 24.0. The zero-order valence-corrected chi connectivity index (χ0v) is 17.4. The zero-order valence-electron chi connectivity index (χ0n) is 15.8. The molecule has 0 spiro atoms. The summed E-state index contributed by atoms with van der Waals surface area (Å²) in [7, 11) is 0. The van der Waals surface area contributed by atoms with E-state index in [4.69, 9.17) is 4.74 Å². The number of nitrogens with one attached hydrogen (secondary N) is 2. The van der Waals surface area contributed by atoms with Crippen molar-refractivity contribution in [1.82, 2.24) is 5.32 Å². The highest BCUT2D eigenvalue weighted by molar-refractivity contribution is 9.10. The van der Waals surface area contributed by atoms with Gasteiger partial charge in [-0.1, -0.05) is 26.0 Å². The molecule has 2 aromatic carbocycles. The molecule has 27 heavy (non-hydrogen) atoms. The smallest absolute Gasteiger partial charge is 0.262 e. The number of halogens is 1. The molecule has 2 N–H and O–H groups in total. The van der Waals surface area contributed by atoms with Crippen LogP contribution >= 0.6 is 15.9 Å². The van der Waals surface area contributed by atoms with Crippen LogP contribution in [0.5, 0.6) is 5.75 Å². The monoisotopic (exact) mass is 432 g/mol. The number of hydrogen-bond acceptors (Lipinski definition) is 3. The topological polar surface area (TPSA) is 67.4 Å². The van der Waals surface area contributed by atoms with Crippen molar-refractivity contribution >= 4 is 33.4 Å². The first-order chi connectivity index (χ1) is 12.9. The first-order valence-corrected chi connectivity index (χ1v) is 9.84. The highest BCUT2D eigenvalue weighted by atomic mass is 79.9. The molecule has 0 aliphatic carbocycles. The van der Waals surface area contributed by atoms with Crippen molar-refractivity contribution in [1.29, 1.82) is 0 Å². The zero-order chi connectivity index (χ0) is 19.8. The molecule has 6 heteroatoms. The van der Waals surface area contributed by atoms with E-state index in [0.29, 0.717) is 29.5 Å². The Bertz CT molecular complexity index is 808. The summed E-state index contributed by atoms with van der Waals surface area (Å²) >= 11 is 3.50. The fourth-order valence-electron chi connectivity index (χ4n) is 2.52. The summed E-state index contributed by atoms with van der Waals surface area (Å²) in [5.74, 6) is 0.625. The van der Waals surface area contributed by atoms with E-state index < -0.39 is 0 Å². The molecular formula is C21H25BrN2O3. The van der Waals surface area contributed by atoms with Gasteiger partial charge in [0.15, 0.2) is 6.61 Å². The molecule has 0 aliphatic heterocycles. The van der Waals surface area contributed by atoms with Crippen LogP contribution in [0.2, 0.25) is 0 Å². The molecule has 0 radical (unpaired) electrons. The van der Waals surface area contributed by atoms with Gasteiger partial charge in [-0.3, -0.25) is 9.59 Å². The summed E-state index contributed by atoms with van der Waals surface area (Å²) in [6.07, 6.45) is 1.06. The van der Waals surface area contributed by atoms with Gasteiger partial charge in [-0.05, 0) is 71.1 Å². The Kier molecular flexibility index (Phi) is 7.85. The van der Waals surface area contributed by atoms with Crippen LogP contribution in [0, 0.1) is 0 Å². The van der Waals surface area contributed by atoms with E-state index in [2.05, 4.69) is 40.4 Å². The van der Waals surface area contributed by atoms with Crippen LogP contribution in [0.25, 0.3) is 0 Å². The second-order valence-corrected chi connectivity index (χ2v) is 7.13. The lowest BCUT2D eigenvalue weighted by Gasteiger charge is -2.13. The number of benzene rings is 2. The SMILES string of the molecule is CCNC(=O)c1cccc(NC(=O)COc2ccc(C(C)CC)cc2Br)c1. The van der Waals surface area contributed by atoms with Gasteiger partial charge in [0.25, 0.3) is 11.8 Å². The van der Waals surface area contributed by atoms with E-state index in [0.717, 1.165) is 10.9 Å². The number of amides is 2. The molecule has 0 fully saturated rings. The number of hydrogen-bond donors (Lipinski definition) is 2. The quantitative estimate of drug-likeness (QED) is 0.633. The van der Waals surface area contributed by atoms with Crippen LogP contribution in [0.4, 0.5) is 5.69 Å². The average molecular weight is 433 g/mol. The van der Waals surface area contributed by atoms with E-state index in [1.54, 1.807) is 24.3 Å². The molecule has 5 nitrogen and oxygen atoms in total. The molecule has 2 rings (SSSR count). The van der Waals surface area contributed by atoms with Crippen molar-refractivity contribution in [3.05, 3.63) is 58.1 Å². The van der Waals surface area contributed by atoms with Gasteiger partial charge >= 0.3 is 0 Å². The summed E-state index contributed by atoms with van der Waals surface area (Å²) in [5, 5.41) is 5.48. The second-order valence-electron chi connectivity index (χ2n) is 6.28. The maximum Gasteiger partial charge on any atom is 0.262 e. The maximum atomic E-state index is 12.2. The Morgan fingerprint density at radius 2 is 1.93 bits per heavy atom. The lowest BCUT2D eigenvalue weighted by molar-refractivity contribution is -0.118. The molecule has 0 aliphatic rings. The molecule has 0 bridgehead atoms. The van der Waals surface area contributed by atoms with E-state index in [9.17, 15) is 9.59 Å². The molecule has 0 saturated heterocycles. The predicted molar refractivity (Wildman–Crippen MR) is 111 cm³/mol. The Balaban J connectivity index is 1.95. The predicted octanol–water partition coefficient (Wildman–Crippen LogP) is 4.73. The van der Waals surface area contributed by atoms with Gasteiger partial charge in [0.2, 0.25) is 0 Å². The standard InChI is InChI=1S/C21H25BrN2O3/c1-4-14(3)15-9-10-19(18(22)12-15)27-13-20(25)24-17-8-6-7-16(11-17)21(26)23-5-2/h6-12,14H,4-5,13H2,1-3H3,(H,23,26)(H,24,25). The minimum atomic E-state index is -0.291. The minimum absolute atomic E-state index is 0.118. The van der Waals surface area contributed by atoms with Crippen molar-refractivity contribution in [2.45, 2.75) is 33.1 Å². The molecule has 144 valence electrons. The number of rotatable bonds is 8. The van der Waals surface area contributed by atoms with Crippen molar-refractivity contribution in [2.24, 2.45) is 0 Å². The third kappa shape index (κ3) is 6.10. The molecular weight excluding hydrogens is 408 g/mol. The number of carbonyl (C=O) groups is 2. The lowest BCUT2D eigenvalue weighted by atomic mass is 9.99.